The maximum atomic E-state index is 12.2. The first kappa shape index (κ1) is 16.6. The Morgan fingerprint density at radius 3 is 2.30 bits per heavy atom. The summed E-state index contributed by atoms with van der Waals surface area (Å²) in [5, 5.41) is 4.17. The lowest BCUT2D eigenvalue weighted by Gasteiger charge is -2.23. The highest BCUT2D eigenvalue weighted by atomic mass is 16.2. The summed E-state index contributed by atoms with van der Waals surface area (Å²) in [6.45, 7) is 6.72. The smallest absolute Gasteiger partial charge is 0.281 e. The summed E-state index contributed by atoms with van der Waals surface area (Å²) in [7, 11) is 1.43. The van der Waals surface area contributed by atoms with Crippen molar-refractivity contribution < 1.29 is 14.4 Å². The second-order valence-corrected chi connectivity index (χ2v) is 5.58. The van der Waals surface area contributed by atoms with E-state index in [1.54, 1.807) is 32.0 Å². The summed E-state index contributed by atoms with van der Waals surface area (Å²) in [6.07, 6.45) is 0. The molecule has 0 radical (unpaired) electrons. The molecule has 23 heavy (non-hydrogen) atoms. The number of hydrazone groups is 1. The van der Waals surface area contributed by atoms with E-state index in [0.717, 1.165) is 10.5 Å². The third kappa shape index (κ3) is 3.06. The first-order valence-corrected chi connectivity index (χ1v) is 7.19. The summed E-state index contributed by atoms with van der Waals surface area (Å²) >= 11 is 0. The summed E-state index contributed by atoms with van der Waals surface area (Å²) in [6, 6.07) is 5.20. The molecule has 6 heteroatoms. The van der Waals surface area contributed by atoms with E-state index >= 15 is 0 Å². The molecule has 0 spiro atoms. The first-order chi connectivity index (χ1) is 10.7. The van der Waals surface area contributed by atoms with Crippen LogP contribution in [0.15, 0.2) is 34.4 Å². The van der Waals surface area contributed by atoms with Gasteiger partial charge in [0.1, 0.15) is 0 Å². The molecule has 1 aliphatic rings. The van der Waals surface area contributed by atoms with Crippen LogP contribution in [0.25, 0.3) is 0 Å². The van der Waals surface area contributed by atoms with Gasteiger partial charge in [-0.15, -0.1) is 0 Å². The van der Waals surface area contributed by atoms with Gasteiger partial charge in [-0.1, -0.05) is 0 Å². The summed E-state index contributed by atoms with van der Waals surface area (Å²) < 4.78 is 0. The second kappa shape index (κ2) is 6.16. The number of rotatable bonds is 3. The van der Waals surface area contributed by atoms with Crippen LogP contribution in [0.1, 0.15) is 36.7 Å². The van der Waals surface area contributed by atoms with Crippen LogP contribution in [0.5, 0.6) is 0 Å². The number of carbonyl (C=O) groups is 3. The molecular weight excluding hydrogens is 294 g/mol. The van der Waals surface area contributed by atoms with E-state index in [4.69, 9.17) is 0 Å². The Morgan fingerprint density at radius 2 is 1.74 bits per heavy atom. The molecule has 0 fully saturated rings. The van der Waals surface area contributed by atoms with Crippen molar-refractivity contribution in [2.45, 2.75) is 27.7 Å². The molecule has 0 aliphatic carbocycles. The first-order valence-electron chi connectivity index (χ1n) is 7.19. The van der Waals surface area contributed by atoms with Crippen LogP contribution in [0, 0.1) is 6.92 Å². The molecule has 0 unspecified atom stereocenters. The Bertz CT molecular complexity index is 775. The zero-order chi connectivity index (χ0) is 17.3. The number of hydrogen-bond acceptors (Lipinski definition) is 5. The Labute approximate surface area is 134 Å². The molecule has 1 heterocycles. The number of nitrogens with zero attached hydrogens (tertiary/aromatic N) is 2. The average molecular weight is 313 g/mol. The number of likely N-dealkylation sites (N-methyl/N-ethyl adjacent to an activating group) is 1. The predicted octanol–water partition coefficient (Wildman–Crippen LogP) is 2.30. The zero-order valence-corrected chi connectivity index (χ0v) is 13.9. The minimum atomic E-state index is -0.441. The van der Waals surface area contributed by atoms with Crippen molar-refractivity contribution in [2.75, 3.05) is 12.5 Å². The minimum absolute atomic E-state index is 0.0111. The normalized spacial score (nSPS) is 17.1. The van der Waals surface area contributed by atoms with Crippen LogP contribution in [0.4, 0.5) is 5.69 Å². The minimum Gasteiger partial charge on any atom is -0.295 e. The van der Waals surface area contributed by atoms with Gasteiger partial charge < -0.3 is 0 Å². The quantitative estimate of drug-likeness (QED) is 0.527. The number of nitrogens with one attached hydrogen (secondary N) is 1. The predicted molar refractivity (Wildman–Crippen MR) is 88.4 cm³/mol. The number of imide groups is 1. The lowest BCUT2D eigenvalue weighted by atomic mass is 10.00. The summed E-state index contributed by atoms with van der Waals surface area (Å²) in [4.78, 5) is 36.5. The third-order valence-electron chi connectivity index (χ3n) is 3.97. The molecule has 120 valence electrons. The Balaban J connectivity index is 2.34. The number of amides is 2. The van der Waals surface area contributed by atoms with Gasteiger partial charge in [-0.2, -0.15) is 5.10 Å². The lowest BCUT2D eigenvalue weighted by molar-refractivity contribution is -0.137. The zero-order valence-electron chi connectivity index (χ0n) is 13.9. The topological polar surface area (TPSA) is 78.8 Å². The Hall–Kier alpha value is -2.76. The molecule has 6 nitrogen and oxygen atoms in total. The molecule has 0 saturated carbocycles. The number of benzene rings is 1. The molecule has 1 aliphatic heterocycles. The van der Waals surface area contributed by atoms with Gasteiger partial charge in [0, 0.05) is 18.2 Å². The molecular formula is C17H19N3O3. The van der Waals surface area contributed by atoms with E-state index in [0.29, 0.717) is 22.4 Å². The number of aryl methyl sites for hydroxylation is 1. The highest BCUT2D eigenvalue weighted by molar-refractivity contribution is 6.50. The van der Waals surface area contributed by atoms with Gasteiger partial charge in [-0.25, -0.2) is 0 Å². The monoisotopic (exact) mass is 313 g/mol. The largest absolute Gasteiger partial charge is 0.295 e. The highest BCUT2D eigenvalue weighted by Gasteiger charge is 2.31. The van der Waals surface area contributed by atoms with E-state index < -0.39 is 5.91 Å². The third-order valence-corrected chi connectivity index (χ3v) is 3.97. The van der Waals surface area contributed by atoms with Crippen LogP contribution in [-0.4, -0.2) is 35.3 Å². The average Bonchev–Trinajstić information content (AvgIpc) is 2.52. The van der Waals surface area contributed by atoms with Crippen molar-refractivity contribution in [1.82, 2.24) is 4.90 Å². The fraction of sp³-hybridized carbons (Fsp3) is 0.294. The lowest BCUT2D eigenvalue weighted by Crippen LogP contribution is -2.44. The fourth-order valence-electron chi connectivity index (χ4n) is 2.26. The summed E-state index contributed by atoms with van der Waals surface area (Å²) in [5.74, 6) is -0.764. The van der Waals surface area contributed by atoms with E-state index in [1.165, 1.54) is 14.0 Å². The van der Waals surface area contributed by atoms with Crippen molar-refractivity contribution in [3.05, 3.63) is 40.5 Å². The van der Waals surface area contributed by atoms with Crippen LogP contribution in [0.3, 0.4) is 0 Å². The molecule has 0 bridgehead atoms. The van der Waals surface area contributed by atoms with Crippen molar-refractivity contribution in [2.24, 2.45) is 5.10 Å². The van der Waals surface area contributed by atoms with Gasteiger partial charge in [0.15, 0.2) is 11.5 Å². The van der Waals surface area contributed by atoms with Gasteiger partial charge in [-0.05, 0) is 57.0 Å². The number of hydrogen-bond donors (Lipinski definition) is 1. The maximum Gasteiger partial charge on any atom is 0.281 e. The molecule has 0 atom stereocenters. The Kier molecular flexibility index (Phi) is 4.45. The standard InChI is InChI=1S/C17H19N3O3/c1-9-8-13(12(4)21)6-7-14(9)18-19-15-10(2)11(3)16(22)20(5)17(15)23/h6-8,18H,1-5H3/b19-15-. The van der Waals surface area contributed by atoms with Gasteiger partial charge >= 0.3 is 0 Å². The molecule has 1 aromatic carbocycles. The molecule has 1 N–H and O–H groups in total. The summed E-state index contributed by atoms with van der Waals surface area (Å²) in [5.41, 5.74) is 6.27. The van der Waals surface area contributed by atoms with Crippen molar-refractivity contribution in [3.8, 4) is 0 Å². The van der Waals surface area contributed by atoms with Gasteiger partial charge in [0.05, 0.1) is 5.69 Å². The molecule has 2 rings (SSSR count). The number of Topliss-reactive ketones (excluding diaryl/α,β-unsaturated/α-hetero) is 1. The van der Waals surface area contributed by atoms with Crippen LogP contribution < -0.4 is 5.43 Å². The highest BCUT2D eigenvalue weighted by Crippen LogP contribution is 2.20. The van der Waals surface area contributed by atoms with Gasteiger partial charge in [0.2, 0.25) is 0 Å². The van der Waals surface area contributed by atoms with Crippen molar-refractivity contribution >= 4 is 29.0 Å². The number of ketones is 1. The van der Waals surface area contributed by atoms with E-state index in [2.05, 4.69) is 10.5 Å². The van der Waals surface area contributed by atoms with Crippen molar-refractivity contribution in [3.63, 3.8) is 0 Å². The molecule has 0 aromatic heterocycles. The van der Waals surface area contributed by atoms with E-state index in [1.807, 2.05) is 6.92 Å². The molecule has 0 saturated heterocycles. The number of anilines is 1. The second-order valence-electron chi connectivity index (χ2n) is 5.58. The van der Waals surface area contributed by atoms with Crippen LogP contribution in [-0.2, 0) is 9.59 Å². The van der Waals surface area contributed by atoms with E-state index in [-0.39, 0.29) is 17.4 Å². The van der Waals surface area contributed by atoms with Crippen LogP contribution in [0.2, 0.25) is 0 Å². The van der Waals surface area contributed by atoms with Gasteiger partial charge in [-0.3, -0.25) is 24.7 Å². The molecule has 2 amide bonds. The van der Waals surface area contributed by atoms with E-state index in [9.17, 15) is 14.4 Å². The Morgan fingerprint density at radius 1 is 1.09 bits per heavy atom. The van der Waals surface area contributed by atoms with Crippen LogP contribution >= 0.6 is 0 Å². The fourth-order valence-corrected chi connectivity index (χ4v) is 2.26. The maximum absolute atomic E-state index is 12.2. The van der Waals surface area contributed by atoms with Crippen molar-refractivity contribution in [1.29, 1.82) is 0 Å². The SMILES string of the molecule is CC(=O)c1ccc(N/N=C2\C(=O)N(C)C(=O)C(C)=C2C)c(C)c1. The number of carbonyl (C=O) groups excluding carboxylic acids is 3. The molecule has 1 aromatic rings. The van der Waals surface area contributed by atoms with Gasteiger partial charge in [0.25, 0.3) is 11.8 Å².